The van der Waals surface area contributed by atoms with Crippen LogP contribution in [0.15, 0.2) is 40.6 Å². The number of nitrogens with one attached hydrogen (secondary N) is 1. The smallest absolute Gasteiger partial charge is 0.253 e. The zero-order valence-electron chi connectivity index (χ0n) is 15.5. The van der Waals surface area contributed by atoms with Crippen LogP contribution in [-0.2, 0) is 21.3 Å². The molecule has 1 atom stereocenters. The highest BCUT2D eigenvalue weighted by Gasteiger charge is 2.21. The third kappa shape index (κ3) is 4.95. The fourth-order valence-electron chi connectivity index (χ4n) is 2.94. The van der Waals surface area contributed by atoms with Gasteiger partial charge >= 0.3 is 0 Å². The molecule has 1 amide bonds. The Bertz CT molecular complexity index is 885. The number of nitrogens with zero attached hydrogens (tertiary/aromatic N) is 1. The van der Waals surface area contributed by atoms with E-state index in [2.05, 4.69) is 4.72 Å². The van der Waals surface area contributed by atoms with Gasteiger partial charge < -0.3 is 9.64 Å². The Morgan fingerprint density at radius 1 is 1.30 bits per heavy atom. The number of carbonyl (C=O) groups is 1. The van der Waals surface area contributed by atoms with Crippen molar-refractivity contribution in [2.24, 2.45) is 0 Å². The van der Waals surface area contributed by atoms with Crippen LogP contribution in [0.4, 0.5) is 0 Å². The van der Waals surface area contributed by atoms with Gasteiger partial charge in [-0.15, -0.1) is 11.3 Å². The first-order valence-corrected chi connectivity index (χ1v) is 11.2. The van der Waals surface area contributed by atoms with Gasteiger partial charge in [-0.2, -0.15) is 0 Å². The van der Waals surface area contributed by atoms with Crippen molar-refractivity contribution in [2.45, 2.75) is 37.3 Å². The molecule has 1 unspecified atom stereocenters. The van der Waals surface area contributed by atoms with E-state index in [0.717, 1.165) is 17.7 Å². The maximum absolute atomic E-state index is 12.6. The Balaban J connectivity index is 1.63. The topological polar surface area (TPSA) is 75.7 Å². The molecule has 6 nitrogen and oxygen atoms in total. The Hall–Kier alpha value is -1.74. The van der Waals surface area contributed by atoms with E-state index in [1.807, 2.05) is 18.4 Å². The number of aryl methyl sites for hydroxylation is 1. The molecule has 1 aromatic carbocycles. The first-order valence-electron chi connectivity index (χ1n) is 8.86. The Kier molecular flexibility index (Phi) is 6.31. The molecule has 1 saturated heterocycles. The molecule has 2 heterocycles. The highest BCUT2D eigenvalue weighted by molar-refractivity contribution is 7.89. The molecule has 2 aromatic rings. The molecule has 0 radical (unpaired) electrons. The molecule has 1 N–H and O–H groups in total. The molecule has 1 aliphatic heterocycles. The Morgan fingerprint density at radius 3 is 2.63 bits per heavy atom. The van der Waals surface area contributed by atoms with Crippen molar-refractivity contribution in [3.05, 3.63) is 51.7 Å². The molecule has 3 rings (SSSR count). The van der Waals surface area contributed by atoms with Gasteiger partial charge in [0.2, 0.25) is 10.0 Å². The summed E-state index contributed by atoms with van der Waals surface area (Å²) in [6.07, 6.45) is 1.77. The van der Waals surface area contributed by atoms with Crippen LogP contribution in [0.25, 0.3) is 0 Å². The van der Waals surface area contributed by atoms with Gasteiger partial charge in [-0.1, -0.05) is 0 Å². The average Bonchev–Trinajstić information content (AvgIpc) is 3.32. The van der Waals surface area contributed by atoms with Crippen molar-refractivity contribution in [2.75, 3.05) is 20.2 Å². The van der Waals surface area contributed by atoms with E-state index in [1.54, 1.807) is 35.4 Å². The largest absolute Gasteiger partial charge is 0.377 e. The molecule has 0 bridgehead atoms. The van der Waals surface area contributed by atoms with Gasteiger partial charge in [0, 0.05) is 30.6 Å². The predicted molar refractivity (Wildman–Crippen MR) is 105 cm³/mol. The van der Waals surface area contributed by atoms with E-state index in [9.17, 15) is 13.2 Å². The van der Waals surface area contributed by atoms with Crippen molar-refractivity contribution in [3.8, 4) is 0 Å². The minimum atomic E-state index is -3.61. The average molecular weight is 409 g/mol. The number of rotatable bonds is 7. The van der Waals surface area contributed by atoms with Gasteiger partial charge in [-0.25, -0.2) is 13.1 Å². The summed E-state index contributed by atoms with van der Waals surface area (Å²) in [6.45, 7) is 3.51. The molecule has 1 aromatic heterocycles. The lowest BCUT2D eigenvalue weighted by Crippen LogP contribution is -2.32. The SMILES string of the molecule is Cc1ccsc1CN(C)C(=O)c1ccc(S(=O)(=O)NCC2CCCO2)cc1. The molecule has 146 valence electrons. The normalized spacial score (nSPS) is 17.2. The van der Waals surface area contributed by atoms with E-state index in [-0.39, 0.29) is 23.5 Å². The minimum Gasteiger partial charge on any atom is -0.377 e. The summed E-state index contributed by atoms with van der Waals surface area (Å²) in [5.41, 5.74) is 1.63. The quantitative estimate of drug-likeness (QED) is 0.764. The van der Waals surface area contributed by atoms with Crippen molar-refractivity contribution in [1.29, 1.82) is 0 Å². The van der Waals surface area contributed by atoms with Gasteiger partial charge in [0.25, 0.3) is 5.91 Å². The first-order chi connectivity index (χ1) is 12.9. The van der Waals surface area contributed by atoms with Gasteiger partial charge in [-0.05, 0) is 61.0 Å². The van der Waals surface area contributed by atoms with Crippen LogP contribution in [0.2, 0.25) is 0 Å². The van der Waals surface area contributed by atoms with Crippen molar-refractivity contribution >= 4 is 27.3 Å². The number of ether oxygens (including phenoxy) is 1. The van der Waals surface area contributed by atoms with Crippen LogP contribution in [0.3, 0.4) is 0 Å². The van der Waals surface area contributed by atoms with Crippen molar-refractivity contribution < 1.29 is 17.9 Å². The highest BCUT2D eigenvalue weighted by Crippen LogP contribution is 2.19. The van der Waals surface area contributed by atoms with Crippen LogP contribution in [0.1, 0.15) is 33.6 Å². The summed E-state index contributed by atoms with van der Waals surface area (Å²) >= 11 is 1.62. The van der Waals surface area contributed by atoms with Crippen LogP contribution < -0.4 is 4.72 Å². The minimum absolute atomic E-state index is 0.0602. The van der Waals surface area contributed by atoms with Gasteiger partial charge in [0.15, 0.2) is 0 Å². The summed E-state index contributed by atoms with van der Waals surface area (Å²) in [4.78, 5) is 15.5. The van der Waals surface area contributed by atoms with E-state index in [4.69, 9.17) is 4.74 Å². The monoisotopic (exact) mass is 408 g/mol. The molecule has 0 aliphatic carbocycles. The number of benzene rings is 1. The molecule has 27 heavy (non-hydrogen) atoms. The number of amides is 1. The Morgan fingerprint density at radius 2 is 2.04 bits per heavy atom. The van der Waals surface area contributed by atoms with E-state index < -0.39 is 10.0 Å². The van der Waals surface area contributed by atoms with Crippen LogP contribution in [0, 0.1) is 6.92 Å². The summed E-state index contributed by atoms with van der Waals surface area (Å²) in [6, 6.07) is 8.08. The first kappa shape index (κ1) is 20.0. The second-order valence-electron chi connectivity index (χ2n) is 6.70. The summed E-state index contributed by atoms with van der Waals surface area (Å²) < 4.78 is 32.8. The lowest BCUT2D eigenvalue weighted by Gasteiger charge is -2.17. The van der Waals surface area contributed by atoms with Crippen molar-refractivity contribution in [3.63, 3.8) is 0 Å². The van der Waals surface area contributed by atoms with Gasteiger partial charge in [0.05, 0.1) is 17.5 Å². The maximum atomic E-state index is 12.6. The standard InChI is InChI=1S/C19H24N2O4S2/c1-14-9-11-26-18(14)13-21(2)19(22)15-5-7-17(8-6-15)27(23,24)20-12-16-4-3-10-25-16/h5-9,11,16,20H,3-4,10,12-13H2,1-2H3. The molecular formula is C19H24N2O4S2. The van der Waals surface area contributed by atoms with Crippen molar-refractivity contribution in [1.82, 2.24) is 9.62 Å². The molecule has 1 fully saturated rings. The second kappa shape index (κ2) is 8.52. The van der Waals surface area contributed by atoms with E-state index in [0.29, 0.717) is 18.7 Å². The zero-order chi connectivity index (χ0) is 19.4. The molecule has 0 spiro atoms. The lowest BCUT2D eigenvalue weighted by atomic mass is 10.2. The van der Waals surface area contributed by atoms with Crippen LogP contribution >= 0.6 is 11.3 Å². The van der Waals surface area contributed by atoms with E-state index in [1.165, 1.54) is 17.7 Å². The fraction of sp³-hybridized carbons (Fsp3) is 0.421. The Labute approximate surface area is 164 Å². The third-order valence-electron chi connectivity index (χ3n) is 4.63. The maximum Gasteiger partial charge on any atom is 0.253 e. The summed E-state index contributed by atoms with van der Waals surface area (Å²) in [5, 5.41) is 2.01. The van der Waals surface area contributed by atoms with Crippen LogP contribution in [-0.4, -0.2) is 45.5 Å². The summed E-state index contributed by atoms with van der Waals surface area (Å²) in [5.74, 6) is -0.140. The van der Waals surface area contributed by atoms with Gasteiger partial charge in [0.1, 0.15) is 0 Å². The number of thiophene rings is 1. The van der Waals surface area contributed by atoms with Gasteiger partial charge in [-0.3, -0.25) is 4.79 Å². The molecular weight excluding hydrogens is 384 g/mol. The lowest BCUT2D eigenvalue weighted by molar-refractivity contribution is 0.0786. The zero-order valence-corrected chi connectivity index (χ0v) is 17.1. The third-order valence-corrected chi connectivity index (χ3v) is 7.08. The van der Waals surface area contributed by atoms with Crippen LogP contribution in [0.5, 0.6) is 0 Å². The number of hydrogen-bond donors (Lipinski definition) is 1. The fourth-order valence-corrected chi connectivity index (χ4v) is 4.97. The highest BCUT2D eigenvalue weighted by atomic mass is 32.2. The number of hydrogen-bond acceptors (Lipinski definition) is 5. The second-order valence-corrected chi connectivity index (χ2v) is 9.47. The molecule has 0 saturated carbocycles. The number of sulfonamides is 1. The summed E-state index contributed by atoms with van der Waals surface area (Å²) in [7, 11) is -1.86. The molecule has 1 aliphatic rings. The van der Waals surface area contributed by atoms with E-state index >= 15 is 0 Å². The molecule has 8 heteroatoms. The predicted octanol–water partition coefficient (Wildman–Crippen LogP) is 2.79. The number of carbonyl (C=O) groups excluding carboxylic acids is 1.